The molecule has 2 rings (SSSR count). The zero-order chi connectivity index (χ0) is 19.9. The van der Waals surface area contributed by atoms with Gasteiger partial charge in [0.2, 0.25) is 0 Å². The predicted octanol–water partition coefficient (Wildman–Crippen LogP) is 2.71. The molecule has 0 fully saturated rings. The highest BCUT2D eigenvalue weighted by molar-refractivity contribution is 4.82. The first-order valence-corrected chi connectivity index (χ1v) is 10.1. The van der Waals surface area contributed by atoms with Gasteiger partial charge in [0, 0.05) is 0 Å². The van der Waals surface area contributed by atoms with Crippen molar-refractivity contribution >= 4 is 0 Å². The lowest BCUT2D eigenvalue weighted by Crippen LogP contribution is -2.06. The van der Waals surface area contributed by atoms with E-state index in [2.05, 4.69) is 42.5 Å². The van der Waals surface area contributed by atoms with Gasteiger partial charge in [-0.2, -0.15) is 9.59 Å². The quantitative estimate of drug-likeness (QED) is 0.375. The van der Waals surface area contributed by atoms with E-state index < -0.39 is 6.86 Å². The van der Waals surface area contributed by atoms with Gasteiger partial charge < -0.3 is 9.47 Å². The van der Waals surface area contributed by atoms with E-state index in [0.29, 0.717) is 31.5 Å². The Kier molecular flexibility index (Phi) is 11.0. The summed E-state index contributed by atoms with van der Waals surface area (Å²) >= 11 is 0. The van der Waals surface area contributed by atoms with Gasteiger partial charge in [-0.05, 0) is 36.1 Å². The van der Waals surface area contributed by atoms with Crippen LogP contribution in [0.1, 0.15) is 70.5 Å². The van der Waals surface area contributed by atoms with E-state index in [9.17, 15) is 4.39 Å². The highest BCUT2D eigenvalue weighted by atomic mass is 19.1. The average molecular weight is 398 g/mol. The van der Waals surface area contributed by atoms with E-state index in [1.807, 2.05) is 0 Å². The zero-order valence-electron chi connectivity index (χ0n) is 16.7. The number of aromatic nitrogens is 8. The summed E-state index contributed by atoms with van der Waals surface area (Å²) in [5.41, 5.74) is 0. The summed E-state index contributed by atoms with van der Waals surface area (Å²) in [6, 6.07) is 0.350. The van der Waals surface area contributed by atoms with Crippen molar-refractivity contribution in [2.45, 2.75) is 84.4 Å². The molecule has 0 spiro atoms. The molecule has 0 N–H and O–H groups in total. The van der Waals surface area contributed by atoms with Crippen LogP contribution in [0.5, 0.6) is 6.01 Å². The van der Waals surface area contributed by atoms with Crippen molar-refractivity contribution < 1.29 is 13.9 Å². The second kappa shape index (κ2) is 13.9. The van der Waals surface area contributed by atoms with Gasteiger partial charge in [0.1, 0.15) is 6.61 Å². The third-order valence-corrected chi connectivity index (χ3v) is 4.18. The summed E-state index contributed by atoms with van der Waals surface area (Å²) < 4.78 is 22.1. The Morgan fingerprint density at radius 3 is 2.29 bits per heavy atom. The summed E-state index contributed by atoms with van der Waals surface area (Å²) in [6.07, 6.45) is 10.1. The number of nitrogens with zero attached hydrogens (tertiary/aromatic N) is 8. The standard InChI is InChI=1S/C17H31FN8O2/c1-2-3-4-5-6-10-13-28-17-20-24-26(22-17)12-9-7-8-11-25-21-16(19-23-25)14-27-15-18/h2-15H2,1H3. The summed E-state index contributed by atoms with van der Waals surface area (Å²) in [5, 5.41) is 24.0. The highest BCUT2D eigenvalue weighted by Crippen LogP contribution is 2.06. The molecule has 0 amide bonds. The van der Waals surface area contributed by atoms with Gasteiger partial charge in [-0.15, -0.1) is 10.2 Å². The van der Waals surface area contributed by atoms with E-state index >= 15 is 0 Å². The molecule has 0 unspecified atom stereocenters. The van der Waals surface area contributed by atoms with Crippen LogP contribution in [0.15, 0.2) is 0 Å². The first-order chi connectivity index (χ1) is 13.8. The number of hydrogen-bond acceptors (Lipinski definition) is 8. The van der Waals surface area contributed by atoms with Gasteiger partial charge in [0.05, 0.1) is 19.7 Å². The summed E-state index contributed by atoms with van der Waals surface area (Å²) in [5.74, 6) is 0.387. The number of alkyl halides is 1. The van der Waals surface area contributed by atoms with Crippen LogP contribution in [-0.4, -0.2) is 53.9 Å². The maximum absolute atomic E-state index is 11.9. The Morgan fingerprint density at radius 2 is 1.50 bits per heavy atom. The van der Waals surface area contributed by atoms with Crippen molar-refractivity contribution in [3.63, 3.8) is 0 Å². The molecule has 0 aliphatic carbocycles. The van der Waals surface area contributed by atoms with E-state index in [1.165, 1.54) is 36.9 Å². The Balaban J connectivity index is 1.50. The Hall–Kier alpha value is -2.17. The molecular weight excluding hydrogens is 367 g/mol. The van der Waals surface area contributed by atoms with E-state index in [-0.39, 0.29) is 6.61 Å². The number of unbranched alkanes of at least 4 members (excludes halogenated alkanes) is 7. The van der Waals surface area contributed by atoms with Crippen molar-refractivity contribution in [2.24, 2.45) is 0 Å². The van der Waals surface area contributed by atoms with Gasteiger partial charge >= 0.3 is 6.01 Å². The molecule has 0 atom stereocenters. The Labute approximate surface area is 164 Å². The molecule has 158 valence electrons. The fourth-order valence-corrected chi connectivity index (χ4v) is 2.67. The summed E-state index contributed by atoms with van der Waals surface area (Å²) in [7, 11) is 0. The minimum Gasteiger partial charge on any atom is -0.461 e. The fourth-order valence-electron chi connectivity index (χ4n) is 2.67. The van der Waals surface area contributed by atoms with Crippen LogP contribution in [0.25, 0.3) is 0 Å². The molecule has 2 aromatic rings. The molecule has 0 saturated heterocycles. The number of ether oxygens (including phenoxy) is 2. The second-order valence-corrected chi connectivity index (χ2v) is 6.60. The molecule has 0 aliphatic heterocycles. The Bertz CT molecular complexity index is 636. The maximum atomic E-state index is 11.9. The van der Waals surface area contributed by atoms with Crippen molar-refractivity contribution in [3.8, 4) is 6.01 Å². The van der Waals surface area contributed by atoms with Crippen LogP contribution in [0.3, 0.4) is 0 Å². The number of rotatable bonds is 17. The SMILES string of the molecule is CCCCCCCCOc1nnn(CCCCCn2nnc(COCF)n2)n1. The minimum absolute atomic E-state index is 0.0394. The van der Waals surface area contributed by atoms with Gasteiger partial charge in [0.15, 0.2) is 12.7 Å². The van der Waals surface area contributed by atoms with E-state index in [1.54, 1.807) is 4.80 Å². The lowest BCUT2D eigenvalue weighted by molar-refractivity contribution is 0.0423. The van der Waals surface area contributed by atoms with Crippen molar-refractivity contribution in [1.29, 1.82) is 0 Å². The van der Waals surface area contributed by atoms with Crippen LogP contribution in [0.2, 0.25) is 0 Å². The van der Waals surface area contributed by atoms with E-state index in [4.69, 9.17) is 4.74 Å². The summed E-state index contributed by atoms with van der Waals surface area (Å²) in [4.78, 5) is 3.07. The third-order valence-electron chi connectivity index (χ3n) is 4.18. The topological polar surface area (TPSA) is 106 Å². The first kappa shape index (κ1) is 22.1. The average Bonchev–Trinajstić information content (AvgIpc) is 3.35. The first-order valence-electron chi connectivity index (χ1n) is 10.1. The zero-order valence-corrected chi connectivity index (χ0v) is 16.7. The molecule has 0 radical (unpaired) electrons. The van der Waals surface area contributed by atoms with Crippen LogP contribution < -0.4 is 4.74 Å². The van der Waals surface area contributed by atoms with Gasteiger partial charge in [-0.25, -0.2) is 4.39 Å². The second-order valence-electron chi connectivity index (χ2n) is 6.60. The molecule has 0 aromatic carbocycles. The highest BCUT2D eigenvalue weighted by Gasteiger charge is 2.05. The molecular formula is C17H31FN8O2. The smallest absolute Gasteiger partial charge is 0.356 e. The van der Waals surface area contributed by atoms with E-state index in [0.717, 1.165) is 25.7 Å². The lowest BCUT2D eigenvalue weighted by Gasteiger charge is -2.01. The van der Waals surface area contributed by atoms with Crippen LogP contribution in [0.4, 0.5) is 4.39 Å². The largest absolute Gasteiger partial charge is 0.461 e. The molecule has 0 bridgehead atoms. The number of aryl methyl sites for hydroxylation is 2. The van der Waals surface area contributed by atoms with Gasteiger partial charge in [-0.3, -0.25) is 0 Å². The molecule has 0 saturated carbocycles. The number of tetrazole rings is 2. The molecule has 2 heterocycles. The number of hydrogen-bond donors (Lipinski definition) is 0. The van der Waals surface area contributed by atoms with Crippen LogP contribution in [0, 0.1) is 0 Å². The molecule has 0 aliphatic rings. The van der Waals surface area contributed by atoms with Crippen molar-refractivity contribution in [2.75, 3.05) is 13.5 Å². The fraction of sp³-hybridized carbons (Fsp3) is 0.882. The van der Waals surface area contributed by atoms with Crippen molar-refractivity contribution in [3.05, 3.63) is 5.82 Å². The molecule has 2 aromatic heterocycles. The molecule has 28 heavy (non-hydrogen) atoms. The van der Waals surface area contributed by atoms with Crippen LogP contribution >= 0.6 is 0 Å². The normalized spacial score (nSPS) is 11.2. The van der Waals surface area contributed by atoms with Gasteiger partial charge in [0.25, 0.3) is 0 Å². The van der Waals surface area contributed by atoms with Crippen LogP contribution in [-0.2, 0) is 24.4 Å². The number of halogens is 1. The van der Waals surface area contributed by atoms with Crippen molar-refractivity contribution in [1.82, 2.24) is 40.4 Å². The predicted molar refractivity (Wildman–Crippen MR) is 99.1 cm³/mol. The molecule has 10 nitrogen and oxygen atoms in total. The molecule has 11 heteroatoms. The minimum atomic E-state index is -0.851. The third kappa shape index (κ3) is 9.16. The summed E-state index contributed by atoms with van der Waals surface area (Å²) in [6.45, 7) is 3.39. The lowest BCUT2D eigenvalue weighted by atomic mass is 10.1. The Morgan fingerprint density at radius 1 is 0.821 bits per heavy atom. The monoisotopic (exact) mass is 398 g/mol. The maximum Gasteiger partial charge on any atom is 0.356 e. The van der Waals surface area contributed by atoms with Gasteiger partial charge in [-0.1, -0.05) is 49.2 Å².